The summed E-state index contributed by atoms with van der Waals surface area (Å²) in [7, 11) is -6.21. The second-order valence-corrected chi connectivity index (χ2v) is 32.4. The summed E-state index contributed by atoms with van der Waals surface area (Å²) in [5.41, 5.74) is 2.93. The van der Waals surface area contributed by atoms with Gasteiger partial charge in [-0.1, -0.05) is 74.3 Å². The Morgan fingerprint density at radius 3 is 2.09 bits per heavy atom. The van der Waals surface area contributed by atoms with E-state index in [2.05, 4.69) is 92.4 Å². The molecule has 1 N–H and O–H groups in total. The number of amides is 2. The van der Waals surface area contributed by atoms with Crippen molar-refractivity contribution in [3.63, 3.8) is 0 Å². The largest absolute Gasteiger partial charge is 0.543 e. The van der Waals surface area contributed by atoms with Crippen LogP contribution >= 0.6 is 0 Å². The lowest BCUT2D eigenvalue weighted by Crippen LogP contribution is -2.57. The number of nitrogens with one attached hydrogen (secondary N) is 1. The molecule has 5 rings (SSSR count). The number of carbonyl (C=O) groups is 3. The van der Waals surface area contributed by atoms with Gasteiger partial charge in [0.15, 0.2) is 8.24 Å². The first-order valence-corrected chi connectivity index (χ1v) is 25.7. The van der Waals surface area contributed by atoms with Crippen molar-refractivity contribution >= 4 is 75.1 Å². The number of hydrogen-bond acceptors (Lipinski definition) is 6. The van der Waals surface area contributed by atoms with Gasteiger partial charge in [-0.25, -0.2) is 4.79 Å². The molecular formula is C35H49N3O5Si3. The van der Waals surface area contributed by atoms with E-state index < -0.39 is 30.6 Å². The monoisotopic (exact) mass is 675 g/mol. The minimum atomic E-state index is -2.66. The summed E-state index contributed by atoms with van der Waals surface area (Å²) in [5, 5.41) is 1.67. The summed E-state index contributed by atoms with van der Waals surface area (Å²) in [5.74, 6) is -0.370. The van der Waals surface area contributed by atoms with Gasteiger partial charge in [-0.3, -0.25) is 14.6 Å². The van der Waals surface area contributed by atoms with Gasteiger partial charge in [0.25, 0.3) is 11.8 Å². The first-order valence-electron chi connectivity index (χ1n) is 16.1. The third-order valence-electron chi connectivity index (χ3n) is 10.4. The van der Waals surface area contributed by atoms with Gasteiger partial charge in [-0.2, -0.15) is 0 Å². The molecule has 0 radical (unpaired) electrons. The molecule has 1 aliphatic heterocycles. The number of esters is 1. The molecule has 0 bridgehead atoms. The van der Waals surface area contributed by atoms with E-state index in [1.165, 1.54) is 10.8 Å². The molecule has 11 heteroatoms. The van der Waals surface area contributed by atoms with E-state index in [4.69, 9.17) is 14.1 Å². The number of H-pyrrole nitrogens is 1. The van der Waals surface area contributed by atoms with Crippen molar-refractivity contribution in [3.8, 4) is 5.75 Å². The molecule has 0 fully saturated rings. The Bertz CT molecular complexity index is 1920. The standard InChI is InChI=1S/C35H49N3O5Si3/c1-34(2,3)45(10,11)38-31(39)27-24-18-21(33(41)42-16-17-44(7,8)9)20-36-29(24)30-26(28(27)32(38)40)23-19-22(14-15-25(23)37-30)43-46(12,13)35(4,5)6/h14-15,18-20,37H,16-17H2,1-13H3. The predicted octanol–water partition coefficient (Wildman–Crippen LogP) is 9.35. The van der Waals surface area contributed by atoms with Gasteiger partial charge in [0.05, 0.1) is 34.3 Å². The smallest absolute Gasteiger partial charge is 0.339 e. The topological polar surface area (TPSA) is 102 Å². The van der Waals surface area contributed by atoms with Crippen molar-refractivity contribution in [2.45, 2.75) is 103 Å². The number of imide groups is 1. The highest BCUT2D eigenvalue weighted by Crippen LogP contribution is 2.47. The van der Waals surface area contributed by atoms with Crippen LogP contribution in [0.1, 0.15) is 72.6 Å². The Morgan fingerprint density at radius 1 is 0.870 bits per heavy atom. The average molecular weight is 676 g/mol. The van der Waals surface area contributed by atoms with Crippen LogP contribution in [0, 0.1) is 0 Å². The fraction of sp³-hybridized carbons (Fsp3) is 0.486. The summed E-state index contributed by atoms with van der Waals surface area (Å²) in [6.45, 7) is 28.4. The van der Waals surface area contributed by atoms with Gasteiger partial charge < -0.3 is 18.7 Å². The average Bonchev–Trinajstić information content (AvgIpc) is 3.40. The van der Waals surface area contributed by atoms with Gasteiger partial charge in [-0.15, -0.1) is 0 Å². The zero-order chi connectivity index (χ0) is 34.4. The number of hydrogen-bond donors (Lipinski definition) is 1. The second-order valence-electron chi connectivity index (χ2n) is 17.0. The van der Waals surface area contributed by atoms with Crippen LogP contribution < -0.4 is 4.43 Å². The number of pyridine rings is 1. The summed E-state index contributed by atoms with van der Waals surface area (Å²) in [6.07, 6.45) is 1.51. The van der Waals surface area contributed by atoms with E-state index in [0.717, 1.165) is 22.7 Å². The fourth-order valence-electron chi connectivity index (χ4n) is 5.47. The number of ether oxygens (including phenoxy) is 1. The fourth-order valence-corrected chi connectivity index (χ4v) is 9.12. The normalized spacial score (nSPS) is 14.9. The highest BCUT2D eigenvalue weighted by atomic mass is 28.4. The Morgan fingerprint density at radius 2 is 1.50 bits per heavy atom. The van der Waals surface area contributed by atoms with E-state index in [-0.39, 0.29) is 27.5 Å². The third kappa shape index (κ3) is 5.64. The highest BCUT2D eigenvalue weighted by molar-refractivity contribution is 6.83. The van der Waals surface area contributed by atoms with Crippen LogP contribution in [-0.4, -0.2) is 63.6 Å². The summed E-state index contributed by atoms with van der Waals surface area (Å²) in [6, 6.07) is 8.43. The van der Waals surface area contributed by atoms with Gasteiger partial charge in [-0.05, 0) is 53.5 Å². The molecule has 0 spiro atoms. The van der Waals surface area contributed by atoms with Crippen LogP contribution in [0.2, 0.25) is 61.9 Å². The van der Waals surface area contributed by atoms with Crippen LogP contribution in [0.3, 0.4) is 0 Å². The van der Waals surface area contributed by atoms with Crippen molar-refractivity contribution in [2.24, 2.45) is 0 Å². The summed E-state index contributed by atoms with van der Waals surface area (Å²) >= 11 is 0. The van der Waals surface area contributed by atoms with Crippen LogP contribution in [0.25, 0.3) is 32.7 Å². The molecule has 8 nitrogen and oxygen atoms in total. The molecule has 0 saturated heterocycles. The maximum atomic E-state index is 14.6. The van der Waals surface area contributed by atoms with Crippen LogP contribution in [0.4, 0.5) is 0 Å². The maximum Gasteiger partial charge on any atom is 0.339 e. The summed E-state index contributed by atoms with van der Waals surface area (Å²) < 4.78 is 13.8. The maximum absolute atomic E-state index is 14.6. The Balaban J connectivity index is 1.77. The lowest BCUT2D eigenvalue weighted by molar-refractivity contribution is 0.0524. The molecule has 0 unspecified atom stereocenters. The second kappa shape index (κ2) is 10.9. The predicted molar refractivity (Wildman–Crippen MR) is 195 cm³/mol. The van der Waals surface area contributed by atoms with E-state index in [1.807, 2.05) is 18.2 Å². The third-order valence-corrected chi connectivity index (χ3v) is 21.6. The van der Waals surface area contributed by atoms with Gasteiger partial charge >= 0.3 is 5.97 Å². The first-order chi connectivity index (χ1) is 21.0. The Kier molecular flexibility index (Phi) is 8.06. The molecule has 2 aromatic heterocycles. The Labute approximate surface area is 275 Å². The molecule has 3 heterocycles. The quantitative estimate of drug-likeness (QED) is 0.119. The molecule has 0 atom stereocenters. The first kappa shape index (κ1) is 34.1. The minimum Gasteiger partial charge on any atom is -0.543 e. The number of aromatic amines is 1. The van der Waals surface area contributed by atoms with Gasteiger partial charge in [0.2, 0.25) is 8.32 Å². The molecular weight excluding hydrogens is 627 g/mol. The van der Waals surface area contributed by atoms with E-state index in [9.17, 15) is 14.4 Å². The van der Waals surface area contributed by atoms with Crippen molar-refractivity contribution in [2.75, 3.05) is 6.61 Å². The lowest BCUT2D eigenvalue weighted by Gasteiger charge is -2.42. The molecule has 0 saturated carbocycles. The number of aromatic nitrogens is 2. The van der Waals surface area contributed by atoms with Crippen molar-refractivity contribution in [1.29, 1.82) is 0 Å². The van der Waals surface area contributed by atoms with Crippen LogP contribution in [0.5, 0.6) is 5.75 Å². The van der Waals surface area contributed by atoms with Crippen molar-refractivity contribution < 1.29 is 23.5 Å². The van der Waals surface area contributed by atoms with E-state index in [0.29, 0.717) is 39.5 Å². The SMILES string of the molecule is CC(C)(C)[Si](C)(C)Oc1ccc2[nH]c3c4ncc(C(=O)OCC[Si](C)(C)C)cc4c4c(c3c2c1)C(=O)N([Si](C)(C)C(C)(C)C)C4=O. The van der Waals surface area contributed by atoms with E-state index >= 15 is 0 Å². The summed E-state index contributed by atoms with van der Waals surface area (Å²) in [4.78, 5) is 50.5. The molecule has 2 amide bonds. The number of nitrogens with zero attached hydrogens (tertiary/aromatic N) is 2. The Hall–Kier alpha value is -3.29. The van der Waals surface area contributed by atoms with Crippen molar-refractivity contribution in [3.05, 3.63) is 47.2 Å². The molecule has 2 aromatic carbocycles. The highest BCUT2D eigenvalue weighted by Gasteiger charge is 2.52. The van der Waals surface area contributed by atoms with Gasteiger partial charge in [0, 0.05) is 35.9 Å². The zero-order valence-electron chi connectivity index (χ0n) is 29.7. The molecule has 0 aliphatic carbocycles. The molecule has 246 valence electrons. The minimum absolute atomic E-state index is 0.00311. The number of carbonyl (C=O) groups excluding carboxylic acids is 3. The van der Waals surface area contributed by atoms with Crippen molar-refractivity contribution in [1.82, 2.24) is 14.5 Å². The molecule has 1 aliphatic rings. The van der Waals surface area contributed by atoms with Gasteiger partial charge in [0.1, 0.15) is 5.75 Å². The number of benzene rings is 2. The number of rotatable bonds is 7. The number of fused-ring (bicyclic) bond motifs is 8. The molecule has 46 heavy (non-hydrogen) atoms. The zero-order valence-corrected chi connectivity index (χ0v) is 32.7. The van der Waals surface area contributed by atoms with Crippen LogP contribution in [0.15, 0.2) is 30.5 Å². The lowest BCUT2D eigenvalue weighted by atomic mass is 9.96. The van der Waals surface area contributed by atoms with Crippen LogP contribution in [-0.2, 0) is 4.74 Å². The van der Waals surface area contributed by atoms with E-state index in [1.54, 1.807) is 6.07 Å². The molecule has 4 aromatic rings.